The molecular formula is C35H48BrF4N5O6. The Labute approximate surface area is 304 Å². The Hall–Kier alpha value is -2.98. The molecule has 2 bridgehead atoms. The summed E-state index contributed by atoms with van der Waals surface area (Å²) in [6.45, 7) is 13.9. The highest BCUT2D eigenvalue weighted by Crippen LogP contribution is 2.43. The summed E-state index contributed by atoms with van der Waals surface area (Å²) in [6, 6.07) is 0.236. The monoisotopic (exact) mass is 789 g/mol. The van der Waals surface area contributed by atoms with E-state index in [0.717, 1.165) is 38.4 Å². The summed E-state index contributed by atoms with van der Waals surface area (Å²) >= 11 is 2.81. The van der Waals surface area contributed by atoms with Crippen LogP contribution in [0.15, 0.2) is 10.5 Å². The SMILES string of the molecule is CC(C)(C)OC(=O)CCOCCCN1CCC[C@H]1COc1nc(N2CC3CCC(C2)N3C(=O)OC(C)(C)C)c2cc(C(F)(F)F)c(Br)c(F)c2n1. The molecule has 16 heteroatoms. The average molecular weight is 791 g/mol. The zero-order valence-electron chi connectivity index (χ0n) is 30.1. The molecule has 284 valence electrons. The minimum absolute atomic E-state index is 0.0203. The molecule has 1 amide bonds. The van der Waals surface area contributed by atoms with Gasteiger partial charge in [-0.3, -0.25) is 14.6 Å². The summed E-state index contributed by atoms with van der Waals surface area (Å²) < 4.78 is 79.7. The molecule has 2 unspecified atom stereocenters. The number of anilines is 1. The summed E-state index contributed by atoms with van der Waals surface area (Å²) in [4.78, 5) is 39.6. The highest BCUT2D eigenvalue weighted by atomic mass is 79.9. The van der Waals surface area contributed by atoms with Gasteiger partial charge in [-0.1, -0.05) is 0 Å². The van der Waals surface area contributed by atoms with Crippen LogP contribution < -0.4 is 9.64 Å². The molecule has 3 saturated heterocycles. The molecule has 1 aromatic carbocycles. The fourth-order valence-electron chi connectivity index (χ4n) is 6.94. The van der Waals surface area contributed by atoms with Gasteiger partial charge in [0.15, 0.2) is 5.82 Å². The number of piperazine rings is 1. The molecule has 3 fully saturated rings. The Bertz CT molecular complexity index is 1570. The zero-order valence-corrected chi connectivity index (χ0v) is 31.7. The van der Waals surface area contributed by atoms with Crippen LogP contribution >= 0.6 is 15.9 Å². The maximum absolute atomic E-state index is 15.7. The first-order chi connectivity index (χ1) is 23.8. The van der Waals surface area contributed by atoms with Crippen molar-refractivity contribution in [2.75, 3.05) is 50.9 Å². The van der Waals surface area contributed by atoms with E-state index in [1.54, 1.807) is 30.6 Å². The Morgan fingerprint density at radius 1 is 0.961 bits per heavy atom. The first kappa shape index (κ1) is 39.2. The highest BCUT2D eigenvalue weighted by molar-refractivity contribution is 9.10. The van der Waals surface area contributed by atoms with E-state index in [0.29, 0.717) is 19.4 Å². The van der Waals surface area contributed by atoms with Crippen LogP contribution in [-0.2, 0) is 25.2 Å². The second-order valence-electron chi connectivity index (χ2n) is 15.4. The predicted molar refractivity (Wildman–Crippen MR) is 185 cm³/mol. The van der Waals surface area contributed by atoms with Crippen LogP contribution in [0.25, 0.3) is 10.9 Å². The Morgan fingerprint density at radius 3 is 2.25 bits per heavy atom. The maximum Gasteiger partial charge on any atom is 0.417 e. The van der Waals surface area contributed by atoms with Crippen LogP contribution in [-0.4, -0.2) is 107 Å². The topological polar surface area (TPSA) is 107 Å². The normalized spacial score (nSPS) is 21.4. The van der Waals surface area contributed by atoms with Crippen LogP contribution in [0.5, 0.6) is 6.01 Å². The van der Waals surface area contributed by atoms with Crippen molar-refractivity contribution < 1.29 is 46.1 Å². The predicted octanol–water partition coefficient (Wildman–Crippen LogP) is 7.12. The van der Waals surface area contributed by atoms with Gasteiger partial charge in [-0.05, 0) is 102 Å². The first-order valence-corrected chi connectivity index (χ1v) is 18.3. The lowest BCUT2D eigenvalue weighted by Crippen LogP contribution is -2.57. The zero-order chi connectivity index (χ0) is 37.3. The summed E-state index contributed by atoms with van der Waals surface area (Å²) in [5, 5.41) is -0.0883. The number of fused-ring (bicyclic) bond motifs is 3. The van der Waals surface area contributed by atoms with E-state index in [9.17, 15) is 22.8 Å². The number of esters is 1. The molecule has 5 rings (SSSR count). The smallest absolute Gasteiger partial charge is 0.417 e. The Balaban J connectivity index is 1.29. The first-order valence-electron chi connectivity index (χ1n) is 17.5. The molecule has 2 aromatic rings. The van der Waals surface area contributed by atoms with Gasteiger partial charge >= 0.3 is 24.2 Å². The van der Waals surface area contributed by atoms with E-state index < -0.39 is 39.3 Å². The molecule has 3 atom stereocenters. The highest BCUT2D eigenvalue weighted by Gasteiger charge is 2.45. The van der Waals surface area contributed by atoms with Crippen LogP contribution in [0.3, 0.4) is 0 Å². The maximum atomic E-state index is 15.7. The number of hydrogen-bond donors (Lipinski definition) is 0. The van der Waals surface area contributed by atoms with Crippen molar-refractivity contribution in [1.29, 1.82) is 0 Å². The summed E-state index contributed by atoms with van der Waals surface area (Å²) in [5.41, 5.74) is -2.68. The van der Waals surface area contributed by atoms with E-state index in [4.69, 9.17) is 18.9 Å². The van der Waals surface area contributed by atoms with Crippen molar-refractivity contribution in [3.63, 3.8) is 0 Å². The van der Waals surface area contributed by atoms with E-state index in [1.807, 2.05) is 20.8 Å². The van der Waals surface area contributed by atoms with Crippen LogP contribution in [0, 0.1) is 5.82 Å². The van der Waals surface area contributed by atoms with Crippen LogP contribution in [0.2, 0.25) is 0 Å². The number of ether oxygens (including phenoxy) is 4. The largest absolute Gasteiger partial charge is 0.462 e. The van der Waals surface area contributed by atoms with E-state index in [1.165, 1.54) is 0 Å². The van der Waals surface area contributed by atoms with Gasteiger partial charge in [-0.2, -0.15) is 23.1 Å². The lowest BCUT2D eigenvalue weighted by molar-refractivity contribution is -0.156. The fourth-order valence-corrected chi connectivity index (χ4v) is 7.46. The van der Waals surface area contributed by atoms with Crippen molar-refractivity contribution in [3.05, 3.63) is 21.9 Å². The van der Waals surface area contributed by atoms with Crippen molar-refractivity contribution >= 4 is 44.7 Å². The quantitative estimate of drug-likeness (QED) is 0.133. The summed E-state index contributed by atoms with van der Waals surface area (Å²) in [6.07, 6.45) is -1.17. The standard InChI is InChI=1S/C35H48BrF4N5O6/c1-33(2,3)50-26(46)12-16-48-15-8-14-43-13-7-9-23(43)20-49-31-41-29-24(17-25(35(38,39)40)27(36)28(29)37)30(42-31)44-18-21-10-11-22(19-44)45(21)32(47)51-34(4,5)6/h17,21-23H,7-16,18-20H2,1-6H3/t21?,22?,23-/m0/s1. The minimum atomic E-state index is -4.83. The van der Waals surface area contributed by atoms with E-state index in [-0.39, 0.29) is 79.6 Å². The van der Waals surface area contributed by atoms with Gasteiger partial charge in [0.25, 0.3) is 0 Å². The number of nitrogens with zero attached hydrogens (tertiary/aromatic N) is 5. The minimum Gasteiger partial charge on any atom is -0.462 e. The number of hydrogen-bond acceptors (Lipinski definition) is 10. The van der Waals surface area contributed by atoms with Crippen molar-refractivity contribution in [1.82, 2.24) is 19.8 Å². The van der Waals surface area contributed by atoms with Crippen molar-refractivity contribution in [3.8, 4) is 6.01 Å². The van der Waals surface area contributed by atoms with E-state index in [2.05, 4.69) is 30.8 Å². The second-order valence-corrected chi connectivity index (χ2v) is 16.2. The molecule has 1 aromatic heterocycles. The van der Waals surface area contributed by atoms with Gasteiger partial charge in [0.2, 0.25) is 0 Å². The molecule has 0 N–H and O–H groups in total. The van der Waals surface area contributed by atoms with E-state index >= 15 is 4.39 Å². The Kier molecular flexibility index (Phi) is 12.0. The number of benzene rings is 1. The molecule has 3 aliphatic rings. The molecular weight excluding hydrogens is 742 g/mol. The fraction of sp³-hybridized carbons (Fsp3) is 0.714. The van der Waals surface area contributed by atoms with Crippen LogP contribution in [0.1, 0.15) is 85.6 Å². The number of alkyl halides is 3. The molecule has 3 aliphatic heterocycles. The molecule has 0 spiro atoms. The lowest BCUT2D eigenvalue weighted by atomic mass is 10.1. The summed E-state index contributed by atoms with van der Waals surface area (Å²) in [7, 11) is 0. The average Bonchev–Trinajstić information content (AvgIpc) is 3.57. The number of carbonyl (C=O) groups excluding carboxylic acids is 2. The number of amides is 1. The second kappa shape index (κ2) is 15.6. The third-order valence-corrected chi connectivity index (χ3v) is 9.81. The third-order valence-electron chi connectivity index (χ3n) is 9.03. The number of aromatic nitrogens is 2. The van der Waals surface area contributed by atoms with Crippen molar-refractivity contribution in [2.24, 2.45) is 0 Å². The molecule has 0 aliphatic carbocycles. The van der Waals surface area contributed by atoms with Gasteiger partial charge < -0.3 is 23.8 Å². The molecule has 0 radical (unpaired) electrons. The third kappa shape index (κ3) is 9.92. The van der Waals surface area contributed by atoms with Gasteiger partial charge in [0.1, 0.15) is 29.1 Å². The number of likely N-dealkylation sites (tertiary alicyclic amines) is 1. The van der Waals surface area contributed by atoms with Gasteiger partial charge in [0.05, 0.1) is 35.1 Å². The van der Waals surface area contributed by atoms with Gasteiger partial charge in [-0.25, -0.2) is 9.18 Å². The Morgan fingerprint density at radius 2 is 1.63 bits per heavy atom. The molecule has 0 saturated carbocycles. The molecule has 11 nitrogen and oxygen atoms in total. The van der Waals surface area contributed by atoms with Gasteiger partial charge in [-0.15, -0.1) is 0 Å². The van der Waals surface area contributed by atoms with Crippen LogP contribution in [0.4, 0.5) is 28.2 Å². The number of halogens is 5. The summed E-state index contributed by atoms with van der Waals surface area (Å²) in [5.74, 6) is -1.33. The molecule has 51 heavy (non-hydrogen) atoms. The lowest BCUT2D eigenvalue weighted by Gasteiger charge is -2.42. The number of carbonyl (C=O) groups is 2. The van der Waals surface area contributed by atoms with Gasteiger partial charge in [0, 0.05) is 37.7 Å². The molecule has 4 heterocycles. The van der Waals surface area contributed by atoms with Crippen molar-refractivity contribution in [2.45, 2.75) is 116 Å². The number of rotatable bonds is 11.